The summed E-state index contributed by atoms with van der Waals surface area (Å²) in [7, 11) is 0. The van der Waals surface area contributed by atoms with Gasteiger partial charge >= 0.3 is 0 Å². The Hall–Kier alpha value is -0.0800. The molecule has 2 heteroatoms. The lowest BCUT2D eigenvalue weighted by atomic mass is 9.93. The molecule has 15 heavy (non-hydrogen) atoms. The highest BCUT2D eigenvalue weighted by Gasteiger charge is 2.32. The summed E-state index contributed by atoms with van der Waals surface area (Å²) < 4.78 is 0. The molecule has 0 spiro atoms. The van der Waals surface area contributed by atoms with Crippen LogP contribution in [0.3, 0.4) is 0 Å². The van der Waals surface area contributed by atoms with E-state index in [4.69, 9.17) is 0 Å². The largest absolute Gasteiger partial charge is 0.396 e. The average Bonchev–Trinajstić information content (AvgIpc) is 2.95. The van der Waals surface area contributed by atoms with E-state index >= 15 is 0 Å². The van der Waals surface area contributed by atoms with Gasteiger partial charge in [0.1, 0.15) is 0 Å². The van der Waals surface area contributed by atoms with Crippen molar-refractivity contribution in [1.29, 1.82) is 0 Å². The van der Waals surface area contributed by atoms with E-state index in [-0.39, 0.29) is 12.0 Å². The minimum Gasteiger partial charge on any atom is -0.396 e. The van der Waals surface area contributed by atoms with Crippen molar-refractivity contribution in [2.45, 2.75) is 53.0 Å². The maximum atomic E-state index is 9.30. The Morgan fingerprint density at radius 3 is 2.33 bits per heavy atom. The molecule has 1 N–H and O–H groups in total. The van der Waals surface area contributed by atoms with Gasteiger partial charge in [-0.2, -0.15) is 0 Å². The molecule has 0 aromatic carbocycles. The van der Waals surface area contributed by atoms with Crippen LogP contribution in [-0.4, -0.2) is 35.7 Å². The van der Waals surface area contributed by atoms with Crippen LogP contribution in [0.5, 0.6) is 0 Å². The number of aliphatic hydroxyl groups is 1. The second kappa shape index (κ2) is 5.31. The predicted octanol–water partition coefficient (Wildman–Crippen LogP) is 2.52. The van der Waals surface area contributed by atoms with Crippen LogP contribution in [0.15, 0.2) is 0 Å². The molecule has 1 fully saturated rings. The van der Waals surface area contributed by atoms with Gasteiger partial charge in [0.15, 0.2) is 0 Å². The second-order valence-electron chi connectivity index (χ2n) is 6.21. The number of rotatable bonds is 7. The Bertz CT molecular complexity index is 185. The van der Waals surface area contributed by atoms with Crippen LogP contribution in [0.25, 0.3) is 0 Å². The Kier molecular flexibility index (Phi) is 4.60. The summed E-state index contributed by atoms with van der Waals surface area (Å²) in [5, 5.41) is 9.30. The molecule has 0 heterocycles. The van der Waals surface area contributed by atoms with Gasteiger partial charge in [0.2, 0.25) is 0 Å². The van der Waals surface area contributed by atoms with Gasteiger partial charge in [-0.15, -0.1) is 0 Å². The van der Waals surface area contributed by atoms with Gasteiger partial charge in [0.25, 0.3) is 0 Å². The summed E-state index contributed by atoms with van der Waals surface area (Å²) in [5.41, 5.74) is 0.0551. The maximum absolute atomic E-state index is 9.30. The van der Waals surface area contributed by atoms with Crippen molar-refractivity contribution in [3.05, 3.63) is 0 Å². The van der Waals surface area contributed by atoms with Crippen LogP contribution in [0, 0.1) is 11.3 Å². The minimum absolute atomic E-state index is 0.0551. The number of hydrogen-bond acceptors (Lipinski definition) is 2. The molecule has 0 aromatic heterocycles. The fraction of sp³-hybridized carbons (Fsp3) is 1.00. The van der Waals surface area contributed by atoms with Crippen molar-refractivity contribution >= 4 is 0 Å². The van der Waals surface area contributed by atoms with Crippen LogP contribution in [0.1, 0.15) is 47.0 Å². The quantitative estimate of drug-likeness (QED) is 0.702. The third kappa shape index (κ3) is 4.98. The van der Waals surface area contributed by atoms with E-state index in [1.54, 1.807) is 0 Å². The van der Waals surface area contributed by atoms with E-state index in [0.29, 0.717) is 0 Å². The first-order chi connectivity index (χ1) is 6.94. The van der Waals surface area contributed by atoms with Crippen molar-refractivity contribution in [1.82, 2.24) is 4.90 Å². The van der Waals surface area contributed by atoms with E-state index in [9.17, 15) is 5.11 Å². The standard InChI is InChI=1S/C13H27NO/c1-11(2)7-8-14(12-5-6-12)9-13(3,4)10-15/h11-12,15H,5-10H2,1-4H3. The topological polar surface area (TPSA) is 23.5 Å². The van der Waals surface area contributed by atoms with Crippen LogP contribution in [0.4, 0.5) is 0 Å². The summed E-state index contributed by atoms with van der Waals surface area (Å²) >= 11 is 0. The van der Waals surface area contributed by atoms with E-state index in [2.05, 4.69) is 32.6 Å². The average molecular weight is 213 g/mol. The highest BCUT2D eigenvalue weighted by molar-refractivity contribution is 4.87. The lowest BCUT2D eigenvalue weighted by Gasteiger charge is -2.31. The van der Waals surface area contributed by atoms with Crippen molar-refractivity contribution in [2.24, 2.45) is 11.3 Å². The molecule has 90 valence electrons. The lowest BCUT2D eigenvalue weighted by Crippen LogP contribution is -2.38. The molecule has 1 saturated carbocycles. The first-order valence-electron chi connectivity index (χ1n) is 6.29. The molecule has 0 aromatic rings. The molecule has 0 amide bonds. The molecule has 0 radical (unpaired) electrons. The van der Waals surface area contributed by atoms with Gasteiger partial charge in [0.05, 0.1) is 0 Å². The Balaban J connectivity index is 2.37. The fourth-order valence-electron chi connectivity index (χ4n) is 1.85. The predicted molar refractivity (Wildman–Crippen MR) is 64.9 cm³/mol. The van der Waals surface area contributed by atoms with Crippen molar-refractivity contribution in [3.8, 4) is 0 Å². The van der Waals surface area contributed by atoms with Crippen molar-refractivity contribution in [3.63, 3.8) is 0 Å². The monoisotopic (exact) mass is 213 g/mol. The van der Waals surface area contributed by atoms with Gasteiger partial charge in [0, 0.05) is 24.6 Å². The van der Waals surface area contributed by atoms with E-state index < -0.39 is 0 Å². The van der Waals surface area contributed by atoms with Crippen molar-refractivity contribution in [2.75, 3.05) is 19.7 Å². The molecule has 1 aliphatic carbocycles. The highest BCUT2D eigenvalue weighted by Crippen LogP contribution is 2.30. The SMILES string of the molecule is CC(C)CCN(CC(C)(C)CO)C1CC1. The molecule has 1 rings (SSSR count). The summed E-state index contributed by atoms with van der Waals surface area (Å²) in [6.07, 6.45) is 4.00. The summed E-state index contributed by atoms with van der Waals surface area (Å²) in [5.74, 6) is 0.781. The zero-order valence-electron chi connectivity index (χ0n) is 10.8. The maximum Gasteiger partial charge on any atom is 0.0494 e. The zero-order valence-corrected chi connectivity index (χ0v) is 10.8. The molecule has 0 atom stereocenters. The number of aliphatic hydroxyl groups excluding tert-OH is 1. The van der Waals surface area contributed by atoms with E-state index in [0.717, 1.165) is 18.5 Å². The number of nitrogens with zero attached hydrogens (tertiary/aromatic N) is 1. The van der Waals surface area contributed by atoms with Crippen LogP contribution < -0.4 is 0 Å². The Morgan fingerprint density at radius 1 is 1.33 bits per heavy atom. The van der Waals surface area contributed by atoms with Gasteiger partial charge < -0.3 is 5.11 Å². The third-order valence-corrected chi connectivity index (χ3v) is 3.12. The first kappa shape index (κ1) is 13.0. The Labute approximate surface area is 94.7 Å². The van der Waals surface area contributed by atoms with Crippen molar-refractivity contribution < 1.29 is 5.11 Å². The molecular formula is C13H27NO. The van der Waals surface area contributed by atoms with Gasteiger partial charge in [-0.3, -0.25) is 4.90 Å². The summed E-state index contributed by atoms with van der Waals surface area (Å²) in [6, 6.07) is 0.814. The fourth-order valence-corrected chi connectivity index (χ4v) is 1.85. The molecule has 0 bridgehead atoms. The van der Waals surface area contributed by atoms with Gasteiger partial charge in [-0.1, -0.05) is 27.7 Å². The molecule has 0 unspecified atom stereocenters. The van der Waals surface area contributed by atoms with Crippen LogP contribution in [-0.2, 0) is 0 Å². The lowest BCUT2D eigenvalue weighted by molar-refractivity contribution is 0.0959. The molecule has 1 aliphatic rings. The molecule has 0 aliphatic heterocycles. The zero-order chi connectivity index (χ0) is 11.5. The van der Waals surface area contributed by atoms with Crippen LogP contribution >= 0.6 is 0 Å². The van der Waals surface area contributed by atoms with Gasteiger partial charge in [-0.25, -0.2) is 0 Å². The second-order valence-corrected chi connectivity index (χ2v) is 6.21. The Morgan fingerprint density at radius 2 is 1.93 bits per heavy atom. The first-order valence-corrected chi connectivity index (χ1v) is 6.29. The summed E-state index contributed by atoms with van der Waals surface area (Å²) in [4.78, 5) is 2.58. The van der Waals surface area contributed by atoms with Crippen LogP contribution in [0.2, 0.25) is 0 Å². The molecule has 2 nitrogen and oxygen atoms in total. The number of hydrogen-bond donors (Lipinski definition) is 1. The van der Waals surface area contributed by atoms with Gasteiger partial charge in [-0.05, 0) is 31.7 Å². The third-order valence-electron chi connectivity index (χ3n) is 3.12. The molecular weight excluding hydrogens is 186 g/mol. The summed E-state index contributed by atoms with van der Waals surface area (Å²) in [6.45, 7) is 11.4. The normalized spacial score (nSPS) is 17.8. The highest BCUT2D eigenvalue weighted by atomic mass is 16.3. The molecule has 0 saturated heterocycles. The minimum atomic E-state index is 0.0551. The van der Waals surface area contributed by atoms with E-state index in [1.165, 1.54) is 25.8 Å². The smallest absolute Gasteiger partial charge is 0.0494 e. The van der Waals surface area contributed by atoms with E-state index in [1.807, 2.05) is 0 Å².